The van der Waals surface area contributed by atoms with Gasteiger partial charge in [0.2, 0.25) is 0 Å². The number of Topliss-reactive ketones (excluding diaryl/α,β-unsaturated/α-hetero) is 1. The second kappa shape index (κ2) is 5.62. The maximum absolute atomic E-state index is 11.7. The average Bonchev–Trinajstić information content (AvgIpc) is 2.11. The second-order valence-electron chi connectivity index (χ2n) is 3.91. The summed E-state index contributed by atoms with van der Waals surface area (Å²) in [5.41, 5.74) is 0. The predicted molar refractivity (Wildman–Crippen MR) is 56.1 cm³/mol. The van der Waals surface area contributed by atoms with E-state index in [1.807, 2.05) is 27.7 Å². The van der Waals surface area contributed by atoms with E-state index in [0.717, 1.165) is 0 Å². The van der Waals surface area contributed by atoms with Gasteiger partial charge in [-0.2, -0.15) is 0 Å². The number of alkyl carbamates (subject to hydrolysis) is 1. The van der Waals surface area contributed by atoms with Crippen molar-refractivity contribution in [1.29, 1.82) is 0 Å². The quantitative estimate of drug-likeness (QED) is 0.758. The highest BCUT2D eigenvalue weighted by Crippen LogP contribution is 2.09. The topological polar surface area (TPSA) is 55.4 Å². The van der Waals surface area contributed by atoms with Crippen LogP contribution in [0.15, 0.2) is 0 Å². The van der Waals surface area contributed by atoms with Crippen LogP contribution in [0.25, 0.3) is 0 Å². The van der Waals surface area contributed by atoms with Gasteiger partial charge in [0.25, 0.3) is 0 Å². The van der Waals surface area contributed by atoms with E-state index in [9.17, 15) is 9.59 Å². The zero-order valence-electron chi connectivity index (χ0n) is 9.46. The molecule has 0 unspecified atom stereocenters. The normalized spacial score (nSPS) is 12.8. The minimum absolute atomic E-state index is 0. The standard InChI is InChI=1S/C10H19NO3.H2/c1-6(2)8(9(12)7(3)4)11-10(13)14-5;/h6-8H,1-5H3,(H,11,13);1H/t8-;/m0./s1. The van der Waals surface area contributed by atoms with Crippen LogP contribution in [0.2, 0.25) is 0 Å². The summed E-state index contributed by atoms with van der Waals surface area (Å²) in [7, 11) is 1.28. The molecule has 0 saturated heterocycles. The van der Waals surface area contributed by atoms with Gasteiger partial charge in [-0.3, -0.25) is 4.79 Å². The van der Waals surface area contributed by atoms with Crippen molar-refractivity contribution in [2.24, 2.45) is 11.8 Å². The van der Waals surface area contributed by atoms with Gasteiger partial charge in [0.05, 0.1) is 13.2 Å². The van der Waals surface area contributed by atoms with Gasteiger partial charge in [0.15, 0.2) is 5.78 Å². The lowest BCUT2D eigenvalue weighted by Gasteiger charge is -2.21. The Morgan fingerprint density at radius 1 is 1.21 bits per heavy atom. The fourth-order valence-corrected chi connectivity index (χ4v) is 1.11. The van der Waals surface area contributed by atoms with E-state index in [-0.39, 0.29) is 19.0 Å². The molecule has 0 aliphatic rings. The van der Waals surface area contributed by atoms with Gasteiger partial charge in [0, 0.05) is 7.34 Å². The molecule has 0 bridgehead atoms. The number of carbonyl (C=O) groups excluding carboxylic acids is 2. The SMILES string of the molecule is COC(=O)N[C@H](C(=O)C(C)C)C(C)C.[HH]. The third-order valence-electron chi connectivity index (χ3n) is 2.00. The Morgan fingerprint density at radius 3 is 2.00 bits per heavy atom. The summed E-state index contributed by atoms with van der Waals surface area (Å²) in [6.45, 7) is 7.41. The zero-order valence-corrected chi connectivity index (χ0v) is 9.46. The molecular formula is C10H21NO3. The molecule has 0 aromatic rings. The van der Waals surface area contributed by atoms with Gasteiger partial charge in [-0.1, -0.05) is 27.7 Å². The first-order valence-corrected chi connectivity index (χ1v) is 4.78. The van der Waals surface area contributed by atoms with Crippen LogP contribution in [0.1, 0.15) is 29.1 Å². The number of carbonyl (C=O) groups is 2. The molecule has 0 aliphatic carbocycles. The van der Waals surface area contributed by atoms with E-state index in [4.69, 9.17) is 0 Å². The first-order valence-electron chi connectivity index (χ1n) is 4.78. The van der Waals surface area contributed by atoms with Crippen molar-refractivity contribution >= 4 is 11.9 Å². The molecule has 1 N–H and O–H groups in total. The van der Waals surface area contributed by atoms with Crippen LogP contribution in [0.3, 0.4) is 0 Å². The van der Waals surface area contributed by atoms with Crippen molar-refractivity contribution in [3.05, 3.63) is 0 Å². The monoisotopic (exact) mass is 203 g/mol. The molecule has 0 rings (SSSR count). The van der Waals surface area contributed by atoms with Crippen molar-refractivity contribution in [2.75, 3.05) is 7.11 Å². The molecule has 0 aromatic carbocycles. The minimum atomic E-state index is -0.558. The fourth-order valence-electron chi connectivity index (χ4n) is 1.11. The van der Waals surface area contributed by atoms with Crippen LogP contribution < -0.4 is 5.32 Å². The summed E-state index contributed by atoms with van der Waals surface area (Å²) in [5.74, 6) is 0.0222. The molecule has 1 amide bonds. The summed E-state index contributed by atoms with van der Waals surface area (Å²) < 4.78 is 4.46. The highest BCUT2D eigenvalue weighted by molar-refractivity contribution is 5.88. The van der Waals surface area contributed by atoms with Crippen LogP contribution in [0.4, 0.5) is 4.79 Å². The molecule has 0 fully saturated rings. The summed E-state index contributed by atoms with van der Waals surface area (Å²) in [6, 6.07) is -0.456. The van der Waals surface area contributed by atoms with E-state index in [2.05, 4.69) is 10.1 Å². The largest absolute Gasteiger partial charge is 0.453 e. The van der Waals surface area contributed by atoms with E-state index >= 15 is 0 Å². The van der Waals surface area contributed by atoms with Crippen LogP contribution in [0.5, 0.6) is 0 Å². The Bertz CT molecular complexity index is 217. The maximum Gasteiger partial charge on any atom is 0.407 e. The number of ketones is 1. The molecule has 0 aromatic heterocycles. The molecule has 0 spiro atoms. The second-order valence-corrected chi connectivity index (χ2v) is 3.91. The first kappa shape index (κ1) is 12.9. The van der Waals surface area contributed by atoms with Crippen molar-refractivity contribution < 1.29 is 15.8 Å². The summed E-state index contributed by atoms with van der Waals surface area (Å²) in [5, 5.41) is 2.54. The van der Waals surface area contributed by atoms with Crippen LogP contribution in [-0.4, -0.2) is 25.0 Å². The molecule has 84 valence electrons. The molecule has 4 heteroatoms. The first-order chi connectivity index (χ1) is 6.40. The highest BCUT2D eigenvalue weighted by Gasteiger charge is 2.26. The van der Waals surface area contributed by atoms with Gasteiger partial charge < -0.3 is 10.1 Å². The van der Waals surface area contributed by atoms with Crippen LogP contribution in [0, 0.1) is 11.8 Å². The Labute approximate surface area is 86.5 Å². The van der Waals surface area contributed by atoms with E-state index in [0.29, 0.717) is 0 Å². The van der Waals surface area contributed by atoms with Gasteiger partial charge in [-0.15, -0.1) is 0 Å². The fraction of sp³-hybridized carbons (Fsp3) is 0.800. The Balaban J connectivity index is 0. The molecule has 0 saturated carbocycles. The summed E-state index contributed by atoms with van der Waals surface area (Å²) in [4.78, 5) is 22.6. The van der Waals surface area contributed by atoms with Crippen molar-refractivity contribution in [3.63, 3.8) is 0 Å². The average molecular weight is 203 g/mol. The van der Waals surface area contributed by atoms with Crippen molar-refractivity contribution in [2.45, 2.75) is 33.7 Å². The summed E-state index contributed by atoms with van der Waals surface area (Å²) in [6.07, 6.45) is -0.558. The van der Waals surface area contributed by atoms with Crippen LogP contribution >= 0.6 is 0 Å². The lowest BCUT2D eigenvalue weighted by Crippen LogP contribution is -2.46. The molecule has 0 heterocycles. The molecule has 0 aliphatic heterocycles. The van der Waals surface area contributed by atoms with Gasteiger partial charge in [-0.25, -0.2) is 4.79 Å². The Morgan fingerprint density at radius 2 is 1.71 bits per heavy atom. The number of ether oxygens (including phenoxy) is 1. The minimum Gasteiger partial charge on any atom is -0.453 e. The smallest absolute Gasteiger partial charge is 0.407 e. The number of hydrogen-bond donors (Lipinski definition) is 1. The molecular weight excluding hydrogens is 182 g/mol. The molecule has 14 heavy (non-hydrogen) atoms. The summed E-state index contributed by atoms with van der Waals surface area (Å²) >= 11 is 0. The number of nitrogens with one attached hydrogen (secondary N) is 1. The third-order valence-corrected chi connectivity index (χ3v) is 2.00. The lowest BCUT2D eigenvalue weighted by atomic mass is 9.93. The van der Waals surface area contributed by atoms with E-state index < -0.39 is 12.1 Å². The number of hydrogen-bond acceptors (Lipinski definition) is 3. The number of amides is 1. The third kappa shape index (κ3) is 3.77. The molecule has 1 atom stereocenters. The van der Waals surface area contributed by atoms with Gasteiger partial charge >= 0.3 is 6.09 Å². The van der Waals surface area contributed by atoms with Gasteiger partial charge in [0.1, 0.15) is 0 Å². The molecule has 4 nitrogen and oxygen atoms in total. The highest BCUT2D eigenvalue weighted by atomic mass is 16.5. The lowest BCUT2D eigenvalue weighted by molar-refractivity contribution is -0.124. The zero-order chi connectivity index (χ0) is 11.3. The molecule has 0 radical (unpaired) electrons. The number of rotatable bonds is 4. The maximum atomic E-state index is 11.7. The Kier molecular flexibility index (Phi) is 5.20. The Hall–Kier alpha value is -1.06. The van der Waals surface area contributed by atoms with E-state index in [1.165, 1.54) is 7.11 Å². The van der Waals surface area contributed by atoms with Crippen LogP contribution in [-0.2, 0) is 9.53 Å². The van der Waals surface area contributed by atoms with Gasteiger partial charge in [-0.05, 0) is 5.92 Å². The van der Waals surface area contributed by atoms with E-state index in [1.54, 1.807) is 0 Å². The van der Waals surface area contributed by atoms with Crippen molar-refractivity contribution in [3.8, 4) is 0 Å². The predicted octanol–water partition coefficient (Wildman–Crippen LogP) is 1.84. The van der Waals surface area contributed by atoms with Crippen molar-refractivity contribution in [1.82, 2.24) is 5.32 Å². The number of methoxy groups -OCH3 is 1.